The lowest BCUT2D eigenvalue weighted by atomic mass is 10.2. The zero-order chi connectivity index (χ0) is 13.8. The molecule has 1 aromatic heterocycles. The molecule has 0 aliphatic carbocycles. The first-order valence-corrected chi connectivity index (χ1v) is 7.31. The van der Waals surface area contributed by atoms with E-state index in [1.807, 2.05) is 12.1 Å². The van der Waals surface area contributed by atoms with Crippen molar-refractivity contribution in [3.63, 3.8) is 0 Å². The Balaban J connectivity index is 2.11. The van der Waals surface area contributed by atoms with Gasteiger partial charge in [-0.25, -0.2) is 4.98 Å². The lowest BCUT2D eigenvalue weighted by molar-refractivity contribution is 0.233. The second kappa shape index (κ2) is 6.55. The molecule has 1 N–H and O–H groups in total. The monoisotopic (exact) mass is 282 g/mol. The summed E-state index contributed by atoms with van der Waals surface area (Å²) in [5.74, 6) is 1.04. The van der Waals surface area contributed by atoms with E-state index in [-0.39, 0.29) is 0 Å². The summed E-state index contributed by atoms with van der Waals surface area (Å²) in [5.41, 5.74) is 0.938. The molecule has 1 aromatic rings. The fourth-order valence-corrected chi connectivity index (χ4v) is 2.44. The molecule has 19 heavy (non-hydrogen) atoms. The maximum absolute atomic E-state index is 6.19. The van der Waals surface area contributed by atoms with Gasteiger partial charge in [-0.2, -0.15) is 0 Å². The maximum atomic E-state index is 6.19. The Bertz CT molecular complexity index is 424. The van der Waals surface area contributed by atoms with E-state index < -0.39 is 0 Å². The van der Waals surface area contributed by atoms with E-state index in [1.54, 1.807) is 0 Å². The lowest BCUT2D eigenvalue weighted by Gasteiger charge is -2.38. The van der Waals surface area contributed by atoms with Crippen molar-refractivity contribution in [3.05, 3.63) is 22.8 Å². The van der Waals surface area contributed by atoms with Crippen molar-refractivity contribution in [3.8, 4) is 0 Å². The van der Waals surface area contributed by atoms with Gasteiger partial charge in [-0.15, -0.1) is 0 Å². The highest BCUT2D eigenvalue weighted by Gasteiger charge is 2.21. The minimum Gasteiger partial charge on any atom is -0.354 e. The number of nitrogens with one attached hydrogen (secondary N) is 1. The van der Waals surface area contributed by atoms with E-state index in [0.29, 0.717) is 6.04 Å². The Morgan fingerprint density at radius 3 is 2.89 bits per heavy atom. The number of hydrogen-bond donors (Lipinski definition) is 1. The van der Waals surface area contributed by atoms with Gasteiger partial charge in [0, 0.05) is 32.2 Å². The zero-order valence-corrected chi connectivity index (χ0v) is 12.7. The highest BCUT2D eigenvalue weighted by molar-refractivity contribution is 6.31. The molecule has 1 fully saturated rings. The minimum atomic E-state index is 0.559. The molecule has 2 heterocycles. The second-order valence-electron chi connectivity index (χ2n) is 5.15. The number of likely N-dealkylation sites (N-methyl/N-ethyl adjacent to an activating group) is 1. The molecule has 0 bridgehead atoms. The predicted molar refractivity (Wildman–Crippen MR) is 80.9 cm³/mol. The normalized spacial score (nSPS) is 20.8. The molecule has 5 heteroatoms. The van der Waals surface area contributed by atoms with E-state index in [4.69, 9.17) is 16.6 Å². The number of nitrogens with zero attached hydrogens (tertiary/aromatic N) is 3. The number of rotatable bonds is 4. The molecule has 106 valence electrons. The first-order chi connectivity index (χ1) is 9.11. The fraction of sp³-hybridized carbons (Fsp3) is 0.643. The summed E-state index contributed by atoms with van der Waals surface area (Å²) in [4.78, 5) is 9.43. The average molecular weight is 283 g/mol. The van der Waals surface area contributed by atoms with Crippen LogP contribution in [0.1, 0.15) is 19.5 Å². The molecule has 0 amide bonds. The Morgan fingerprint density at radius 2 is 2.21 bits per heavy atom. The summed E-state index contributed by atoms with van der Waals surface area (Å²) in [6.45, 7) is 9.11. The van der Waals surface area contributed by atoms with Gasteiger partial charge in [0.25, 0.3) is 0 Å². The van der Waals surface area contributed by atoms with E-state index in [1.165, 1.54) is 0 Å². The maximum Gasteiger partial charge on any atom is 0.129 e. The van der Waals surface area contributed by atoms with Gasteiger partial charge in [-0.3, -0.25) is 0 Å². The number of halogens is 1. The van der Waals surface area contributed by atoms with Gasteiger partial charge >= 0.3 is 0 Å². The molecule has 4 nitrogen and oxygen atoms in total. The van der Waals surface area contributed by atoms with Crippen molar-refractivity contribution in [1.29, 1.82) is 0 Å². The van der Waals surface area contributed by atoms with Crippen molar-refractivity contribution >= 4 is 17.4 Å². The number of pyridine rings is 1. The molecular weight excluding hydrogens is 260 g/mol. The van der Waals surface area contributed by atoms with Crippen LogP contribution in [0.2, 0.25) is 5.02 Å². The minimum absolute atomic E-state index is 0.559. The Hall–Kier alpha value is -0.840. The van der Waals surface area contributed by atoms with Crippen LogP contribution >= 0.6 is 11.6 Å². The first kappa shape index (κ1) is 14.6. The standard InChI is InChI=1S/C14H23ClN4/c1-4-16-9-13-12(15)5-6-14(17-13)19-8-7-18(3)11(2)10-19/h5-6,11,16H,4,7-10H2,1-3H3. The molecule has 1 atom stereocenters. The Kier molecular flexibility index (Phi) is 5.02. The summed E-state index contributed by atoms with van der Waals surface area (Å²) in [6.07, 6.45) is 0. The fourth-order valence-electron chi connectivity index (χ4n) is 2.27. The highest BCUT2D eigenvalue weighted by atomic mass is 35.5. The molecule has 0 spiro atoms. The molecule has 1 aliphatic heterocycles. The molecule has 1 aliphatic rings. The zero-order valence-electron chi connectivity index (χ0n) is 12.0. The van der Waals surface area contributed by atoms with Crippen molar-refractivity contribution in [1.82, 2.24) is 15.2 Å². The molecule has 0 saturated carbocycles. The van der Waals surface area contributed by atoms with Crippen molar-refractivity contribution in [2.45, 2.75) is 26.4 Å². The third-order valence-electron chi connectivity index (χ3n) is 3.73. The molecule has 1 saturated heterocycles. The van der Waals surface area contributed by atoms with Crippen LogP contribution in [0.5, 0.6) is 0 Å². The smallest absolute Gasteiger partial charge is 0.129 e. The lowest BCUT2D eigenvalue weighted by Crippen LogP contribution is -2.50. The van der Waals surface area contributed by atoms with Crippen LogP contribution < -0.4 is 10.2 Å². The molecule has 1 unspecified atom stereocenters. The summed E-state index contributed by atoms with van der Waals surface area (Å²) in [7, 11) is 2.17. The number of piperazine rings is 1. The molecule has 0 radical (unpaired) electrons. The first-order valence-electron chi connectivity index (χ1n) is 6.93. The van der Waals surface area contributed by atoms with Crippen LogP contribution in [0.4, 0.5) is 5.82 Å². The van der Waals surface area contributed by atoms with Gasteiger partial charge < -0.3 is 15.1 Å². The van der Waals surface area contributed by atoms with Crippen molar-refractivity contribution in [2.24, 2.45) is 0 Å². The third-order valence-corrected chi connectivity index (χ3v) is 4.07. The van der Waals surface area contributed by atoms with Crippen molar-refractivity contribution in [2.75, 3.05) is 38.1 Å². The second-order valence-corrected chi connectivity index (χ2v) is 5.56. The van der Waals surface area contributed by atoms with Crippen LogP contribution in [-0.2, 0) is 6.54 Å². The largest absolute Gasteiger partial charge is 0.354 e. The van der Waals surface area contributed by atoms with Crippen LogP contribution in [-0.4, -0.2) is 49.2 Å². The topological polar surface area (TPSA) is 31.4 Å². The summed E-state index contributed by atoms with van der Waals surface area (Å²) in [5, 5.41) is 4.02. The summed E-state index contributed by atoms with van der Waals surface area (Å²) >= 11 is 6.19. The molecule has 2 rings (SSSR count). The van der Waals surface area contributed by atoms with Gasteiger partial charge in [-0.1, -0.05) is 18.5 Å². The number of hydrogen-bond acceptors (Lipinski definition) is 4. The van der Waals surface area contributed by atoms with E-state index in [2.05, 4.69) is 36.0 Å². The molecule has 0 aromatic carbocycles. The Morgan fingerprint density at radius 1 is 1.42 bits per heavy atom. The third kappa shape index (κ3) is 3.59. The quantitative estimate of drug-likeness (QED) is 0.915. The summed E-state index contributed by atoms with van der Waals surface area (Å²) < 4.78 is 0. The highest BCUT2D eigenvalue weighted by Crippen LogP contribution is 2.21. The molecular formula is C14H23ClN4. The van der Waals surface area contributed by atoms with Gasteiger partial charge in [-0.05, 0) is 32.6 Å². The Labute approximate surface area is 120 Å². The van der Waals surface area contributed by atoms with Crippen LogP contribution in [0.25, 0.3) is 0 Å². The van der Waals surface area contributed by atoms with Gasteiger partial charge in [0.1, 0.15) is 5.82 Å². The van der Waals surface area contributed by atoms with E-state index >= 15 is 0 Å². The average Bonchev–Trinajstić information content (AvgIpc) is 2.41. The van der Waals surface area contributed by atoms with Crippen LogP contribution in [0.15, 0.2) is 12.1 Å². The number of aromatic nitrogens is 1. The van der Waals surface area contributed by atoms with Crippen LogP contribution in [0, 0.1) is 0 Å². The van der Waals surface area contributed by atoms with E-state index in [9.17, 15) is 0 Å². The predicted octanol–water partition coefficient (Wildman–Crippen LogP) is 1.98. The van der Waals surface area contributed by atoms with E-state index in [0.717, 1.165) is 49.3 Å². The van der Waals surface area contributed by atoms with Gasteiger partial charge in [0.05, 0.1) is 10.7 Å². The van der Waals surface area contributed by atoms with Gasteiger partial charge in [0.15, 0.2) is 0 Å². The summed E-state index contributed by atoms with van der Waals surface area (Å²) in [6, 6.07) is 4.54. The van der Waals surface area contributed by atoms with Gasteiger partial charge in [0.2, 0.25) is 0 Å². The SMILES string of the molecule is CCNCc1nc(N2CCN(C)C(C)C2)ccc1Cl. The number of anilines is 1. The van der Waals surface area contributed by atoms with Crippen LogP contribution in [0.3, 0.4) is 0 Å². The van der Waals surface area contributed by atoms with Crippen molar-refractivity contribution < 1.29 is 0 Å².